The first-order valence-corrected chi connectivity index (χ1v) is 30.6. The summed E-state index contributed by atoms with van der Waals surface area (Å²) >= 11 is 0. The van der Waals surface area contributed by atoms with Crippen molar-refractivity contribution in [3.05, 3.63) is 60.2 Å². The molecule has 21 fully saturated rings. The van der Waals surface area contributed by atoms with Gasteiger partial charge in [-0.1, -0.05) is 12.1 Å². The second-order valence-corrected chi connectivity index (χ2v) is 23.8. The van der Waals surface area contributed by atoms with E-state index in [-0.39, 0.29) is 26.2 Å². The molecule has 2 aromatic heterocycles. The largest absolute Gasteiger partial charge is 0.394 e. The first-order valence-electron chi connectivity index (χ1n) is 30.6. The molecule has 0 aromatic carbocycles. The van der Waals surface area contributed by atoms with Gasteiger partial charge in [-0.3, -0.25) is 9.97 Å². The van der Waals surface area contributed by atoms with Crippen LogP contribution in [0.4, 0.5) is 0 Å². The van der Waals surface area contributed by atoms with Gasteiger partial charge >= 0.3 is 0 Å². The monoisotopic (exact) mass is 1340 g/mol. The van der Waals surface area contributed by atoms with Gasteiger partial charge in [0.2, 0.25) is 0 Å². The molecule has 0 saturated carbocycles. The molecule has 21 aliphatic rings. The molecule has 0 spiro atoms. The minimum absolute atomic E-state index is 0.221. The summed E-state index contributed by atoms with van der Waals surface area (Å²) in [7, 11) is 0. The van der Waals surface area contributed by atoms with Crippen molar-refractivity contribution in [2.24, 2.45) is 0 Å². The topological polar surface area (TPSA) is 563 Å². The van der Waals surface area contributed by atoms with Crippen molar-refractivity contribution in [2.75, 3.05) is 59.2 Å². The number of aliphatic hydroxyl groups excluding tert-OH is 19. The lowest BCUT2D eigenvalue weighted by molar-refractivity contribution is -0.396. The normalized spacial score (nSPS) is 47.8. The summed E-state index contributed by atoms with van der Waals surface area (Å²) in [6.07, 6.45) is -64.5. The molecule has 14 bridgehead atoms. The minimum Gasteiger partial charge on any atom is -0.394 e. The Morgan fingerprint density at radius 3 is 0.667 bits per heavy atom. The van der Waals surface area contributed by atoms with Crippen LogP contribution in [0.3, 0.4) is 0 Å². The fourth-order valence-electron chi connectivity index (χ4n) is 12.5. The number of aromatic nitrogens is 2. The fraction of sp³-hybridized carbons (Fsp3) is 0.821. The van der Waals surface area contributed by atoms with Crippen LogP contribution >= 0.6 is 0 Å². The molecule has 37 heteroatoms. The first-order chi connectivity index (χ1) is 44.7. The van der Waals surface area contributed by atoms with Gasteiger partial charge in [0.1, 0.15) is 171 Å². The number of pyridine rings is 2. The molecular formula is C56H86N4O33. The molecule has 21 aliphatic heterocycles. The van der Waals surface area contributed by atoms with Crippen LogP contribution < -0.4 is 10.6 Å². The summed E-state index contributed by atoms with van der Waals surface area (Å²) in [5.41, 5.74) is 1.36. The summed E-state index contributed by atoms with van der Waals surface area (Å²) in [5.74, 6) is 0. The molecule has 21 saturated heterocycles. The van der Waals surface area contributed by atoms with E-state index in [1.54, 1.807) is 48.8 Å². The molecule has 23 heterocycles. The Morgan fingerprint density at radius 2 is 0.473 bits per heavy atom. The van der Waals surface area contributed by atoms with Gasteiger partial charge in [-0.15, -0.1) is 0 Å². The molecule has 0 unspecified atom stereocenters. The van der Waals surface area contributed by atoms with Crippen LogP contribution in [-0.2, 0) is 79.2 Å². The molecule has 2 aromatic rings. The molecule has 37 nitrogen and oxygen atoms in total. The number of hydrogen-bond acceptors (Lipinski definition) is 37. The van der Waals surface area contributed by atoms with Crippen molar-refractivity contribution in [1.82, 2.24) is 20.6 Å². The number of nitrogens with zero attached hydrogens (tertiary/aromatic N) is 2. The van der Waals surface area contributed by atoms with Crippen molar-refractivity contribution in [3.8, 4) is 0 Å². The molecule has 35 atom stereocenters. The van der Waals surface area contributed by atoms with E-state index >= 15 is 0 Å². The van der Waals surface area contributed by atoms with Gasteiger partial charge in [0, 0.05) is 62.8 Å². The molecule has 21 N–H and O–H groups in total. The van der Waals surface area contributed by atoms with Crippen LogP contribution in [-0.4, -0.2) is 381 Å². The van der Waals surface area contributed by atoms with Crippen LogP contribution in [0.2, 0.25) is 0 Å². The zero-order valence-electron chi connectivity index (χ0n) is 49.7. The van der Waals surface area contributed by atoms with Crippen LogP contribution in [0.25, 0.3) is 0 Å². The van der Waals surface area contributed by atoms with Crippen LogP contribution in [0.1, 0.15) is 11.4 Å². The third kappa shape index (κ3) is 16.0. The average Bonchev–Trinajstić information content (AvgIpc) is 0.809. The minimum atomic E-state index is -2.21. The number of ether oxygens (including phenoxy) is 14. The Morgan fingerprint density at radius 1 is 0.269 bits per heavy atom. The second-order valence-electron chi connectivity index (χ2n) is 23.8. The van der Waals surface area contributed by atoms with Gasteiger partial charge in [0.25, 0.3) is 0 Å². The van der Waals surface area contributed by atoms with E-state index in [9.17, 15) is 97.0 Å². The summed E-state index contributed by atoms with van der Waals surface area (Å²) in [5, 5.41) is 222. The Kier molecular flexibility index (Phi) is 25.6. The maximum atomic E-state index is 12.1. The number of hydrogen-bond donors (Lipinski definition) is 21. The number of nitrogens with one attached hydrogen (secondary N) is 2. The number of aliphatic hydroxyl groups is 19. The van der Waals surface area contributed by atoms with Crippen LogP contribution in [0.5, 0.6) is 0 Å². The van der Waals surface area contributed by atoms with Gasteiger partial charge < -0.3 is 174 Å². The highest BCUT2D eigenvalue weighted by molar-refractivity contribution is 5.07. The lowest BCUT2D eigenvalue weighted by Gasteiger charge is -2.50. The SMILES string of the molecule is OC[C@@H]1O[C@@H]2O[C@H]3[C@H](O)[C@@H](O)[C@@H](O[C@H]4[C@@H](O)[C@H](O)[C@@H](O[C@H]5[C@@H](O)[C@H](O)[C@@H](O[C@H]6[C@H](O)[C@H](O)[C@@H](O[C@H]7[C@H](O)[C@@H](O)[C@@H](O[C@H]8[C@H](O)[C@@H](O)[C@@H](O[C@H]1[C@H](O)[C@H]2O)O[C@H]8CO)O[C@@H]7CO)O[C@@H]6CO)O[C@@H]5CO)O[C@@H]4CNCCc1ccccn1)O[C@H]3CNCCc1ccccn1. The van der Waals surface area contributed by atoms with Crippen molar-refractivity contribution in [3.63, 3.8) is 0 Å². The van der Waals surface area contributed by atoms with E-state index in [1.807, 2.05) is 0 Å². The Bertz CT molecular complexity index is 2500. The van der Waals surface area contributed by atoms with Crippen LogP contribution in [0, 0.1) is 0 Å². The van der Waals surface area contributed by atoms with Crippen molar-refractivity contribution >= 4 is 0 Å². The highest BCUT2D eigenvalue weighted by Gasteiger charge is 2.59. The Labute approximate surface area is 529 Å². The summed E-state index contributed by atoms with van der Waals surface area (Å²) in [6.45, 7) is -5.18. The Hall–Kier alpha value is -3.10. The lowest BCUT2D eigenvalue weighted by Crippen LogP contribution is -2.69. The molecular weight excluding hydrogens is 1260 g/mol. The van der Waals surface area contributed by atoms with Gasteiger partial charge in [-0.05, 0) is 24.3 Å². The zero-order chi connectivity index (χ0) is 66.5. The number of rotatable bonds is 15. The zero-order valence-corrected chi connectivity index (χ0v) is 49.7. The first kappa shape index (κ1) is 72.6. The quantitative estimate of drug-likeness (QED) is 0.0736. The standard InChI is InChI=1S/C56H86N4O33/c61-15-24-45-32(69)39(76)53(83-24)91-47-26(17-63)85-55(41(78)34(47)71)93-49-28(19-65)86-56(42(79)35(49)72)92-48-27(18-64)84-54(40(77)33(48)70)90-46-25(16-62)82-52(38(75)31(46)68)88-44-23(14-58-12-8-21-6-2-4-10-60-21)80-50(36(73)29(44)66)87-43-22(81-51(89-45)37(74)30(43)67)13-57-11-7-20-5-1-3-9-59-20/h1-6,9-10,22-58,61-79H,7-8,11-19H2/t22-,23+,24-,25+,26-,27+,28-,29-,30+,31-,32+,33-,34-,35-,36-,37+,38-,39+,40-,41+,42-,43-,44-,45-,46-,47-,48-,49-,50-,51-,52-,53-,54-,55-,56-/m1/s1. The van der Waals surface area contributed by atoms with Crippen molar-refractivity contribution < 1.29 is 163 Å². The van der Waals surface area contributed by atoms with E-state index < -0.39 is 248 Å². The third-order valence-corrected chi connectivity index (χ3v) is 17.7. The average molecular weight is 1340 g/mol. The van der Waals surface area contributed by atoms with E-state index in [0.29, 0.717) is 24.2 Å². The maximum Gasteiger partial charge on any atom is 0.187 e. The second kappa shape index (κ2) is 32.7. The molecule has 23 rings (SSSR count). The summed E-state index contributed by atoms with van der Waals surface area (Å²) < 4.78 is 83.3. The highest BCUT2D eigenvalue weighted by Crippen LogP contribution is 2.39. The van der Waals surface area contributed by atoms with E-state index in [4.69, 9.17) is 66.3 Å². The molecule has 528 valence electrons. The van der Waals surface area contributed by atoms with Gasteiger partial charge in [0.15, 0.2) is 44.0 Å². The predicted octanol–water partition coefficient (Wildman–Crippen LogP) is -12.8. The highest BCUT2D eigenvalue weighted by atomic mass is 16.8. The summed E-state index contributed by atoms with van der Waals surface area (Å²) in [6, 6.07) is 10.5. The van der Waals surface area contributed by atoms with E-state index in [0.717, 1.165) is 0 Å². The van der Waals surface area contributed by atoms with Gasteiger partial charge in [-0.2, -0.15) is 0 Å². The van der Waals surface area contributed by atoms with Crippen molar-refractivity contribution in [1.29, 1.82) is 0 Å². The van der Waals surface area contributed by atoms with Gasteiger partial charge in [-0.25, -0.2) is 0 Å². The molecule has 0 amide bonds. The van der Waals surface area contributed by atoms with Gasteiger partial charge in [0.05, 0.1) is 33.0 Å². The molecule has 0 radical (unpaired) electrons. The lowest BCUT2D eigenvalue weighted by atomic mass is 9.95. The van der Waals surface area contributed by atoms with Crippen molar-refractivity contribution in [2.45, 2.75) is 228 Å². The van der Waals surface area contributed by atoms with E-state index in [1.165, 1.54) is 0 Å². The molecule has 93 heavy (non-hydrogen) atoms. The predicted molar refractivity (Wildman–Crippen MR) is 296 cm³/mol. The fourth-order valence-corrected chi connectivity index (χ4v) is 12.5. The maximum absolute atomic E-state index is 12.1. The molecule has 0 aliphatic carbocycles. The smallest absolute Gasteiger partial charge is 0.187 e. The van der Waals surface area contributed by atoms with Crippen LogP contribution in [0.15, 0.2) is 48.8 Å². The van der Waals surface area contributed by atoms with E-state index in [2.05, 4.69) is 20.6 Å². The Balaban J connectivity index is 0.953. The summed E-state index contributed by atoms with van der Waals surface area (Å²) in [4.78, 5) is 8.63. The third-order valence-electron chi connectivity index (χ3n) is 17.7.